The summed E-state index contributed by atoms with van der Waals surface area (Å²) in [5.41, 5.74) is 4.92. The molecule has 20 heavy (non-hydrogen) atoms. The highest BCUT2D eigenvalue weighted by Gasteiger charge is 2.04. The second kappa shape index (κ2) is 6.81. The van der Waals surface area contributed by atoms with E-state index in [-0.39, 0.29) is 0 Å². The first kappa shape index (κ1) is 14.2. The van der Waals surface area contributed by atoms with Crippen LogP contribution in [0.4, 0.5) is 11.6 Å². The van der Waals surface area contributed by atoms with Gasteiger partial charge in [0, 0.05) is 31.4 Å². The largest absolute Gasteiger partial charge is 0.366 e. The molecule has 0 saturated carbocycles. The van der Waals surface area contributed by atoms with E-state index in [1.807, 2.05) is 12.3 Å². The lowest BCUT2D eigenvalue weighted by Crippen LogP contribution is -2.12. The lowest BCUT2D eigenvalue weighted by atomic mass is 10.1. The SMILES string of the molecule is CCCc1nc(NN)cc(NCc2cnccc2C)n1. The van der Waals surface area contributed by atoms with E-state index in [1.165, 1.54) is 5.56 Å². The molecule has 0 radical (unpaired) electrons. The fraction of sp³-hybridized carbons (Fsp3) is 0.357. The van der Waals surface area contributed by atoms with E-state index in [9.17, 15) is 0 Å². The van der Waals surface area contributed by atoms with Gasteiger partial charge in [-0.05, 0) is 30.5 Å². The topological polar surface area (TPSA) is 88.8 Å². The van der Waals surface area contributed by atoms with Crippen LogP contribution in [-0.2, 0) is 13.0 Å². The maximum absolute atomic E-state index is 5.44. The monoisotopic (exact) mass is 272 g/mol. The van der Waals surface area contributed by atoms with Gasteiger partial charge in [-0.15, -0.1) is 0 Å². The van der Waals surface area contributed by atoms with E-state index >= 15 is 0 Å². The molecule has 0 aromatic carbocycles. The molecular formula is C14H20N6. The van der Waals surface area contributed by atoms with Gasteiger partial charge in [0.25, 0.3) is 0 Å². The normalized spacial score (nSPS) is 10.3. The summed E-state index contributed by atoms with van der Waals surface area (Å²) in [7, 11) is 0. The van der Waals surface area contributed by atoms with Crippen molar-refractivity contribution >= 4 is 11.6 Å². The van der Waals surface area contributed by atoms with Crippen molar-refractivity contribution in [2.75, 3.05) is 10.7 Å². The van der Waals surface area contributed by atoms with Gasteiger partial charge in [0.05, 0.1) is 0 Å². The number of nitrogens with two attached hydrogens (primary N) is 1. The Morgan fingerprint density at radius 2 is 2.05 bits per heavy atom. The number of rotatable bonds is 6. The lowest BCUT2D eigenvalue weighted by Gasteiger charge is -2.10. The first-order chi connectivity index (χ1) is 9.72. The summed E-state index contributed by atoms with van der Waals surface area (Å²) in [5.74, 6) is 7.61. The summed E-state index contributed by atoms with van der Waals surface area (Å²) in [5, 5.41) is 3.29. The molecule has 0 atom stereocenters. The number of hydrazine groups is 1. The number of nitrogens with one attached hydrogen (secondary N) is 2. The maximum atomic E-state index is 5.44. The highest BCUT2D eigenvalue weighted by molar-refractivity contribution is 5.47. The third kappa shape index (κ3) is 3.64. The van der Waals surface area contributed by atoms with Gasteiger partial charge in [-0.2, -0.15) is 0 Å². The number of pyridine rings is 1. The highest BCUT2D eigenvalue weighted by atomic mass is 15.3. The van der Waals surface area contributed by atoms with E-state index in [1.54, 1.807) is 12.3 Å². The van der Waals surface area contributed by atoms with Crippen molar-refractivity contribution in [2.24, 2.45) is 5.84 Å². The third-order valence-electron chi connectivity index (χ3n) is 3.00. The van der Waals surface area contributed by atoms with Gasteiger partial charge in [-0.3, -0.25) is 4.98 Å². The molecule has 0 saturated heterocycles. The van der Waals surface area contributed by atoms with Gasteiger partial charge in [0.2, 0.25) is 0 Å². The standard InChI is InChI=1S/C14H20N6/c1-3-4-12-18-13(7-14(19-12)20-15)17-9-11-8-16-6-5-10(11)2/h5-8H,3-4,9,15H2,1-2H3,(H2,17,18,19,20). The zero-order valence-electron chi connectivity index (χ0n) is 11.8. The third-order valence-corrected chi connectivity index (χ3v) is 3.00. The summed E-state index contributed by atoms with van der Waals surface area (Å²) >= 11 is 0. The zero-order chi connectivity index (χ0) is 14.4. The first-order valence-electron chi connectivity index (χ1n) is 6.71. The molecule has 0 aliphatic carbocycles. The molecule has 6 nitrogen and oxygen atoms in total. The van der Waals surface area contributed by atoms with Crippen molar-refractivity contribution in [3.63, 3.8) is 0 Å². The molecule has 106 valence electrons. The highest BCUT2D eigenvalue weighted by Crippen LogP contribution is 2.13. The van der Waals surface area contributed by atoms with Crippen LogP contribution in [-0.4, -0.2) is 15.0 Å². The molecule has 2 aromatic heterocycles. The Balaban J connectivity index is 2.12. The molecule has 0 aliphatic rings. The van der Waals surface area contributed by atoms with Gasteiger partial charge in [-0.25, -0.2) is 15.8 Å². The number of aryl methyl sites for hydroxylation is 2. The van der Waals surface area contributed by atoms with Gasteiger partial charge in [0.15, 0.2) is 0 Å². The van der Waals surface area contributed by atoms with E-state index in [0.29, 0.717) is 12.4 Å². The van der Waals surface area contributed by atoms with Crippen LogP contribution in [0.25, 0.3) is 0 Å². The molecular weight excluding hydrogens is 252 g/mol. The lowest BCUT2D eigenvalue weighted by molar-refractivity contribution is 0.834. The summed E-state index contributed by atoms with van der Waals surface area (Å²) in [4.78, 5) is 12.9. The van der Waals surface area contributed by atoms with Crippen LogP contribution >= 0.6 is 0 Å². The van der Waals surface area contributed by atoms with Crippen molar-refractivity contribution in [1.29, 1.82) is 0 Å². The number of hydrogen-bond acceptors (Lipinski definition) is 6. The number of hydrogen-bond donors (Lipinski definition) is 3. The Labute approximate surface area is 118 Å². The van der Waals surface area contributed by atoms with Crippen molar-refractivity contribution in [3.8, 4) is 0 Å². The average molecular weight is 272 g/mol. The molecule has 2 aromatic rings. The van der Waals surface area contributed by atoms with E-state index in [4.69, 9.17) is 5.84 Å². The molecule has 4 N–H and O–H groups in total. The van der Waals surface area contributed by atoms with E-state index in [2.05, 4.69) is 39.5 Å². The molecule has 0 fully saturated rings. The maximum Gasteiger partial charge on any atom is 0.145 e. The molecule has 0 bridgehead atoms. The van der Waals surface area contributed by atoms with Gasteiger partial charge in [0.1, 0.15) is 17.5 Å². The average Bonchev–Trinajstić information content (AvgIpc) is 2.46. The smallest absolute Gasteiger partial charge is 0.145 e. The Morgan fingerprint density at radius 1 is 1.25 bits per heavy atom. The second-order valence-corrected chi connectivity index (χ2v) is 4.60. The molecule has 0 spiro atoms. The molecule has 6 heteroatoms. The Hall–Kier alpha value is -2.21. The Bertz CT molecular complexity index is 569. The predicted molar refractivity (Wildman–Crippen MR) is 80.1 cm³/mol. The van der Waals surface area contributed by atoms with E-state index in [0.717, 1.165) is 30.0 Å². The Kier molecular flexibility index (Phi) is 4.84. The molecule has 0 unspecified atom stereocenters. The summed E-state index contributed by atoms with van der Waals surface area (Å²) < 4.78 is 0. The number of anilines is 2. The first-order valence-corrected chi connectivity index (χ1v) is 6.71. The molecule has 2 rings (SSSR count). The van der Waals surface area contributed by atoms with E-state index < -0.39 is 0 Å². The van der Waals surface area contributed by atoms with Gasteiger partial charge in [-0.1, -0.05) is 6.92 Å². The van der Waals surface area contributed by atoms with Crippen LogP contribution in [0.2, 0.25) is 0 Å². The molecule has 0 aliphatic heterocycles. The predicted octanol–water partition coefficient (Wildman–Crippen LogP) is 2.03. The van der Waals surface area contributed by atoms with Gasteiger partial charge < -0.3 is 10.7 Å². The summed E-state index contributed by atoms with van der Waals surface area (Å²) in [6.45, 7) is 4.83. The van der Waals surface area contributed by atoms with Crippen molar-refractivity contribution < 1.29 is 0 Å². The minimum atomic E-state index is 0.619. The Morgan fingerprint density at radius 3 is 2.75 bits per heavy atom. The van der Waals surface area contributed by atoms with Crippen LogP contribution in [0.3, 0.4) is 0 Å². The van der Waals surface area contributed by atoms with Crippen molar-refractivity contribution in [3.05, 3.63) is 41.5 Å². The molecule has 2 heterocycles. The van der Waals surface area contributed by atoms with Crippen molar-refractivity contribution in [1.82, 2.24) is 15.0 Å². The van der Waals surface area contributed by atoms with Crippen LogP contribution < -0.4 is 16.6 Å². The van der Waals surface area contributed by atoms with Crippen LogP contribution in [0.15, 0.2) is 24.5 Å². The number of aromatic nitrogens is 3. The van der Waals surface area contributed by atoms with Crippen LogP contribution in [0, 0.1) is 6.92 Å². The van der Waals surface area contributed by atoms with Crippen LogP contribution in [0.1, 0.15) is 30.3 Å². The van der Waals surface area contributed by atoms with Gasteiger partial charge >= 0.3 is 0 Å². The quantitative estimate of drug-likeness (QED) is 0.551. The van der Waals surface area contributed by atoms with Crippen LogP contribution in [0.5, 0.6) is 0 Å². The minimum Gasteiger partial charge on any atom is -0.366 e. The number of nitrogen functional groups attached to an aromatic ring is 1. The summed E-state index contributed by atoms with van der Waals surface area (Å²) in [6, 6.07) is 3.79. The second-order valence-electron chi connectivity index (χ2n) is 4.60. The number of nitrogens with zero attached hydrogens (tertiary/aromatic N) is 3. The fourth-order valence-corrected chi connectivity index (χ4v) is 1.86. The zero-order valence-corrected chi connectivity index (χ0v) is 11.8. The molecule has 0 amide bonds. The fourth-order valence-electron chi connectivity index (χ4n) is 1.86. The summed E-state index contributed by atoms with van der Waals surface area (Å²) in [6.07, 6.45) is 5.48. The minimum absolute atomic E-state index is 0.619. The van der Waals surface area contributed by atoms with Crippen molar-refractivity contribution in [2.45, 2.75) is 33.2 Å².